The fourth-order valence-electron chi connectivity index (χ4n) is 3.96. The third-order valence-electron chi connectivity index (χ3n) is 5.93. The summed E-state index contributed by atoms with van der Waals surface area (Å²) in [5.74, 6) is -0.682. The monoisotopic (exact) mass is 663 g/mol. The van der Waals surface area contributed by atoms with Gasteiger partial charge in [-0.15, -0.1) is 54.1 Å². The molecule has 0 N–H and O–H groups in total. The second kappa shape index (κ2) is 11.6. The Labute approximate surface area is 232 Å². The number of aromatic nitrogens is 3. The first-order valence-electron chi connectivity index (χ1n) is 12.4. The van der Waals surface area contributed by atoms with Crippen LogP contribution in [0, 0.1) is 26.0 Å². The van der Waals surface area contributed by atoms with Crippen molar-refractivity contribution < 1.29 is 25.9 Å². The summed E-state index contributed by atoms with van der Waals surface area (Å²) in [6, 6.07) is 30.0. The maximum Gasteiger partial charge on any atom is 0.216 e. The van der Waals surface area contributed by atoms with Crippen LogP contribution in [0.5, 0.6) is 0 Å². The third-order valence-corrected chi connectivity index (χ3v) is 5.93. The number of aryl methyl sites for hydroxylation is 2. The van der Waals surface area contributed by atoms with Crippen molar-refractivity contribution in [3.05, 3.63) is 114 Å². The number of hydrogen-bond acceptors (Lipinski definition) is 4. The average Bonchev–Trinajstić information content (AvgIpc) is 3.27. The predicted molar refractivity (Wildman–Crippen MR) is 146 cm³/mol. The topological polar surface area (TPSA) is 51.8 Å². The molecule has 2 aromatic carbocycles. The number of hydrogen-bond donors (Lipinski definition) is 0. The van der Waals surface area contributed by atoms with Gasteiger partial charge in [-0.05, 0) is 54.9 Å². The van der Waals surface area contributed by atoms with Crippen molar-refractivity contribution in [3.63, 3.8) is 0 Å². The first-order valence-corrected chi connectivity index (χ1v) is 11.9. The van der Waals surface area contributed by atoms with Crippen LogP contribution in [0.15, 0.2) is 89.6 Å². The van der Waals surface area contributed by atoms with Gasteiger partial charge in [0.1, 0.15) is 0 Å². The van der Waals surface area contributed by atoms with Gasteiger partial charge in [0.15, 0.2) is 0 Å². The van der Waals surface area contributed by atoms with Crippen molar-refractivity contribution >= 4 is 22.1 Å². The molecule has 187 valence electrons. The van der Waals surface area contributed by atoms with Gasteiger partial charge in [-0.1, -0.05) is 48.6 Å². The molecule has 4 nitrogen and oxygen atoms in total. The van der Waals surface area contributed by atoms with Crippen LogP contribution in [0.2, 0.25) is 0 Å². The number of fused-ring (bicyclic) bond motifs is 3. The largest absolute Gasteiger partial charge is 0.486 e. The van der Waals surface area contributed by atoms with Gasteiger partial charge in [0, 0.05) is 44.9 Å². The predicted octanol–water partition coefficient (Wildman–Crippen LogP) is 8.13. The fraction of sp³-hybridized carbons (Fsp3) is 0.156. The van der Waals surface area contributed by atoms with Crippen LogP contribution in [0.25, 0.3) is 44.6 Å². The van der Waals surface area contributed by atoms with Crippen molar-refractivity contribution in [2.75, 3.05) is 0 Å². The molecule has 0 aliphatic rings. The minimum Gasteiger partial charge on any atom is -0.486 e. The zero-order chi connectivity index (χ0) is 26.0. The van der Waals surface area contributed by atoms with Gasteiger partial charge < -0.3 is 14.4 Å². The van der Waals surface area contributed by atoms with Crippen molar-refractivity contribution in [3.8, 4) is 22.5 Å². The Hall–Kier alpha value is -3.66. The van der Waals surface area contributed by atoms with Crippen LogP contribution in [0.4, 0.5) is 0 Å². The minimum absolute atomic E-state index is 0. The summed E-state index contributed by atoms with van der Waals surface area (Å²) in [5.41, 5.74) is 7.95. The molecule has 0 unspecified atom stereocenters. The van der Waals surface area contributed by atoms with E-state index in [1.165, 1.54) is 5.56 Å². The van der Waals surface area contributed by atoms with Gasteiger partial charge >= 0.3 is 0 Å². The molecular weight excluding hydrogens is 635 g/mol. The zero-order valence-corrected chi connectivity index (χ0v) is 23.6. The summed E-state index contributed by atoms with van der Waals surface area (Å²) in [5, 5.41) is 1.99. The number of benzene rings is 2. The Morgan fingerprint density at radius 2 is 1.73 bits per heavy atom. The molecule has 0 fully saturated rings. The van der Waals surface area contributed by atoms with Crippen LogP contribution >= 0.6 is 0 Å². The molecule has 4 heterocycles. The van der Waals surface area contributed by atoms with E-state index in [1.807, 2.05) is 101 Å². The van der Waals surface area contributed by atoms with Crippen molar-refractivity contribution in [2.24, 2.45) is 0 Å². The van der Waals surface area contributed by atoms with Gasteiger partial charge in [0.05, 0.1) is 5.58 Å². The van der Waals surface area contributed by atoms with E-state index in [1.54, 1.807) is 6.20 Å². The molecule has 0 spiro atoms. The molecule has 6 rings (SSSR count). The summed E-state index contributed by atoms with van der Waals surface area (Å²) in [6.07, 6.45) is 3.61. The Kier molecular flexibility index (Phi) is 7.84. The zero-order valence-electron chi connectivity index (χ0n) is 22.2. The van der Waals surface area contributed by atoms with Gasteiger partial charge in [-0.25, -0.2) is 4.98 Å². The van der Waals surface area contributed by atoms with Crippen molar-refractivity contribution in [1.82, 2.24) is 15.0 Å². The van der Waals surface area contributed by atoms with Crippen LogP contribution in [-0.2, 0) is 20.1 Å². The molecule has 0 amide bonds. The summed E-state index contributed by atoms with van der Waals surface area (Å²) in [6.45, 7) is 7.71. The first-order chi connectivity index (χ1) is 17.8. The summed E-state index contributed by atoms with van der Waals surface area (Å²) in [4.78, 5) is 13.3. The molecule has 0 aliphatic heterocycles. The standard InChI is InChI=1S/C20H17N2O.C12H10N.Ir/c1-12(2)14-9-10-21-18(11-14)17-6-4-5-15-16-8-7-13(3)22-20(16)23-19(15)17;1-10-7-8-12(13-9-10)11-5-3-2-4-6-11;/h4-5,7-12H,1-3H3;2-5,7-9H,1H3;/q2*-1;/i12D;;. The number of rotatable bonds is 3. The Morgan fingerprint density at radius 3 is 2.46 bits per heavy atom. The fourth-order valence-corrected chi connectivity index (χ4v) is 3.96. The summed E-state index contributed by atoms with van der Waals surface area (Å²) >= 11 is 0. The van der Waals surface area contributed by atoms with Gasteiger partial charge in [0.2, 0.25) is 5.71 Å². The van der Waals surface area contributed by atoms with E-state index in [4.69, 9.17) is 5.79 Å². The van der Waals surface area contributed by atoms with Crippen LogP contribution in [0.1, 0.15) is 37.9 Å². The maximum atomic E-state index is 8.23. The molecule has 6 aromatic rings. The second-order valence-electron chi connectivity index (χ2n) is 8.93. The number of nitrogens with zero attached hydrogens (tertiary/aromatic N) is 3. The Morgan fingerprint density at radius 1 is 0.865 bits per heavy atom. The molecule has 0 aliphatic carbocycles. The third kappa shape index (κ3) is 5.85. The van der Waals surface area contributed by atoms with Crippen LogP contribution < -0.4 is 0 Å². The van der Waals surface area contributed by atoms with Crippen LogP contribution in [-0.4, -0.2) is 15.0 Å². The Balaban J connectivity index is 0.000000204. The number of pyridine rings is 3. The quantitative estimate of drug-likeness (QED) is 0.180. The molecule has 5 heteroatoms. The van der Waals surface area contributed by atoms with Gasteiger partial charge in [-0.3, -0.25) is 0 Å². The van der Waals surface area contributed by atoms with Gasteiger partial charge in [-0.2, -0.15) is 0 Å². The smallest absolute Gasteiger partial charge is 0.216 e. The molecule has 0 atom stereocenters. The summed E-state index contributed by atoms with van der Waals surface area (Å²) < 4.78 is 14.3. The molecule has 0 saturated carbocycles. The molecular formula is C32H27IrN3O-2. The van der Waals surface area contributed by atoms with E-state index >= 15 is 0 Å². The number of furan rings is 1. The van der Waals surface area contributed by atoms with E-state index in [9.17, 15) is 0 Å². The van der Waals surface area contributed by atoms with E-state index in [-0.39, 0.29) is 20.1 Å². The Bertz CT molecular complexity index is 1670. The first kappa shape index (κ1) is 25.0. The second-order valence-corrected chi connectivity index (χ2v) is 8.93. The molecule has 1 radical (unpaired) electrons. The minimum atomic E-state index is -0.682. The molecule has 0 bridgehead atoms. The SMILES string of the molecule is Cc1ccc(-c2[c-]cccc2)nc1.[2H]C(C)(C)c1ccnc(-c2[c-]ccc3c2oc2nc(C)ccc23)c1.[Ir]. The maximum absolute atomic E-state index is 8.23. The van der Waals surface area contributed by atoms with E-state index in [2.05, 4.69) is 33.2 Å². The van der Waals surface area contributed by atoms with Crippen molar-refractivity contribution in [2.45, 2.75) is 33.6 Å². The van der Waals surface area contributed by atoms with E-state index < -0.39 is 5.89 Å². The molecule has 4 aromatic heterocycles. The van der Waals surface area contributed by atoms with E-state index in [0.717, 1.165) is 50.1 Å². The van der Waals surface area contributed by atoms with Gasteiger partial charge in [0.25, 0.3) is 0 Å². The summed E-state index contributed by atoms with van der Waals surface area (Å²) in [7, 11) is 0. The van der Waals surface area contributed by atoms with Crippen molar-refractivity contribution in [1.29, 1.82) is 0 Å². The van der Waals surface area contributed by atoms with Crippen LogP contribution in [0.3, 0.4) is 0 Å². The molecule has 37 heavy (non-hydrogen) atoms. The van der Waals surface area contributed by atoms with E-state index in [0.29, 0.717) is 5.71 Å². The normalized spacial score (nSPS) is 11.4. The average molecular weight is 663 g/mol. The molecule has 0 saturated heterocycles.